The Bertz CT molecular complexity index is 351. The van der Waals surface area contributed by atoms with Crippen molar-refractivity contribution in [3.8, 4) is 11.5 Å². The average molecular weight is 210 g/mol. The van der Waals surface area contributed by atoms with Crippen LogP contribution in [-0.4, -0.2) is 28.3 Å². The predicted octanol–water partition coefficient (Wildman–Crippen LogP) is 2.10. The molecule has 0 aromatic heterocycles. The molecule has 0 heterocycles. The maximum Gasteiger partial charge on any atom is 0.186 e. The second-order valence-corrected chi connectivity index (χ2v) is 3.18. The zero-order chi connectivity index (χ0) is 11.4. The molecule has 2 N–H and O–H groups in total. The van der Waals surface area contributed by atoms with Gasteiger partial charge in [-0.2, -0.15) is 0 Å². The van der Waals surface area contributed by atoms with Crippen LogP contribution in [0.1, 0.15) is 5.56 Å². The molecular weight excluding hydrogens is 192 g/mol. The van der Waals surface area contributed by atoms with E-state index in [0.29, 0.717) is 0 Å². The minimum absolute atomic E-state index is 0.726. The van der Waals surface area contributed by atoms with Crippen LogP contribution >= 0.6 is 0 Å². The summed E-state index contributed by atoms with van der Waals surface area (Å²) in [5.41, 5.74) is 2.94. The number of benzene rings is 1. The van der Waals surface area contributed by atoms with Gasteiger partial charge < -0.3 is 20.1 Å². The van der Waals surface area contributed by atoms with E-state index in [1.165, 1.54) is 0 Å². The highest BCUT2D eigenvalue weighted by molar-refractivity contribution is 5.80. The molecule has 1 aromatic rings. The van der Waals surface area contributed by atoms with Gasteiger partial charge in [0, 0.05) is 14.1 Å². The van der Waals surface area contributed by atoms with Gasteiger partial charge in [-0.3, -0.25) is 0 Å². The molecule has 0 aliphatic heterocycles. The van der Waals surface area contributed by atoms with Crippen LogP contribution in [-0.2, 0) is 0 Å². The number of methoxy groups -OCH3 is 2. The number of nitrogens with one attached hydrogen (secondary N) is 2. The van der Waals surface area contributed by atoms with Crippen molar-refractivity contribution in [2.24, 2.45) is 0 Å². The van der Waals surface area contributed by atoms with E-state index in [9.17, 15) is 0 Å². The summed E-state index contributed by atoms with van der Waals surface area (Å²) in [6.07, 6.45) is 0. The third-order valence-electron chi connectivity index (χ3n) is 2.35. The molecule has 1 aromatic carbocycles. The molecule has 0 amide bonds. The van der Waals surface area contributed by atoms with Crippen LogP contribution in [0.3, 0.4) is 0 Å². The van der Waals surface area contributed by atoms with E-state index >= 15 is 0 Å². The van der Waals surface area contributed by atoms with Crippen LogP contribution in [0, 0.1) is 6.92 Å². The summed E-state index contributed by atoms with van der Waals surface area (Å²) in [5, 5.41) is 6.22. The number of ether oxygens (including phenoxy) is 2. The summed E-state index contributed by atoms with van der Waals surface area (Å²) in [7, 11) is 7.01. The topological polar surface area (TPSA) is 42.5 Å². The van der Waals surface area contributed by atoms with Gasteiger partial charge in [-0.1, -0.05) is 0 Å². The molecule has 0 bridgehead atoms. The van der Waals surface area contributed by atoms with Crippen molar-refractivity contribution in [3.63, 3.8) is 0 Å². The lowest BCUT2D eigenvalue weighted by molar-refractivity contribution is 0.354. The van der Waals surface area contributed by atoms with Crippen LogP contribution in [0.4, 0.5) is 11.4 Å². The molecule has 0 unspecified atom stereocenters. The van der Waals surface area contributed by atoms with Crippen molar-refractivity contribution < 1.29 is 9.47 Å². The first kappa shape index (κ1) is 11.5. The lowest BCUT2D eigenvalue weighted by atomic mass is 10.1. The Morgan fingerprint density at radius 3 is 2.00 bits per heavy atom. The van der Waals surface area contributed by atoms with Gasteiger partial charge in [0.2, 0.25) is 0 Å². The van der Waals surface area contributed by atoms with Gasteiger partial charge >= 0.3 is 0 Å². The fourth-order valence-corrected chi connectivity index (χ4v) is 1.66. The van der Waals surface area contributed by atoms with E-state index < -0.39 is 0 Å². The van der Waals surface area contributed by atoms with Gasteiger partial charge in [0.1, 0.15) is 5.69 Å². The minimum atomic E-state index is 0.726. The van der Waals surface area contributed by atoms with Crippen molar-refractivity contribution >= 4 is 11.4 Å². The highest BCUT2D eigenvalue weighted by atomic mass is 16.5. The third kappa shape index (κ3) is 1.93. The van der Waals surface area contributed by atoms with Crippen molar-refractivity contribution in [1.29, 1.82) is 0 Å². The first-order valence-corrected chi connectivity index (χ1v) is 4.80. The summed E-state index contributed by atoms with van der Waals surface area (Å²) >= 11 is 0. The number of hydrogen-bond acceptors (Lipinski definition) is 4. The van der Waals surface area contributed by atoms with Gasteiger partial charge in [-0.05, 0) is 18.6 Å². The highest BCUT2D eigenvalue weighted by Gasteiger charge is 2.15. The average Bonchev–Trinajstić information content (AvgIpc) is 2.27. The number of hydrogen-bond donors (Lipinski definition) is 2. The summed E-state index contributed by atoms with van der Waals surface area (Å²) in [4.78, 5) is 0. The largest absolute Gasteiger partial charge is 0.492 e. The van der Waals surface area contributed by atoms with E-state index in [4.69, 9.17) is 9.47 Å². The molecule has 84 valence electrons. The standard InChI is InChI=1S/C11H18N2O2/c1-7-6-8(12-2)9(13-3)11(15-5)10(7)14-4/h6,12-13H,1-5H3. The molecule has 0 radical (unpaired) electrons. The highest BCUT2D eigenvalue weighted by Crippen LogP contribution is 2.42. The third-order valence-corrected chi connectivity index (χ3v) is 2.35. The minimum Gasteiger partial charge on any atom is -0.492 e. The fraction of sp³-hybridized carbons (Fsp3) is 0.455. The fourth-order valence-electron chi connectivity index (χ4n) is 1.66. The molecule has 0 fully saturated rings. The zero-order valence-electron chi connectivity index (χ0n) is 9.89. The Hall–Kier alpha value is -1.58. The molecule has 0 aliphatic rings. The molecule has 0 aliphatic carbocycles. The van der Waals surface area contributed by atoms with Gasteiger partial charge in [-0.25, -0.2) is 0 Å². The Kier molecular flexibility index (Phi) is 3.66. The lowest BCUT2D eigenvalue weighted by Gasteiger charge is -2.18. The smallest absolute Gasteiger partial charge is 0.186 e. The van der Waals surface area contributed by atoms with E-state index in [1.54, 1.807) is 14.2 Å². The summed E-state index contributed by atoms with van der Waals surface area (Å²) in [6.45, 7) is 1.99. The van der Waals surface area contributed by atoms with Crippen LogP contribution in [0.15, 0.2) is 6.07 Å². The van der Waals surface area contributed by atoms with Gasteiger partial charge in [0.05, 0.1) is 19.9 Å². The van der Waals surface area contributed by atoms with Gasteiger partial charge in [-0.15, -0.1) is 0 Å². The zero-order valence-corrected chi connectivity index (χ0v) is 9.89. The summed E-state index contributed by atoms with van der Waals surface area (Å²) < 4.78 is 10.7. The number of aryl methyl sites for hydroxylation is 1. The van der Waals surface area contributed by atoms with Crippen LogP contribution < -0.4 is 20.1 Å². The van der Waals surface area contributed by atoms with E-state index in [0.717, 1.165) is 28.4 Å². The summed E-state index contributed by atoms with van der Waals surface area (Å²) in [6, 6.07) is 2.02. The lowest BCUT2D eigenvalue weighted by Crippen LogP contribution is -2.03. The Balaban J connectivity index is 3.44. The SMILES string of the molecule is CNc1cc(C)c(OC)c(OC)c1NC. The van der Waals surface area contributed by atoms with E-state index in [-0.39, 0.29) is 0 Å². The van der Waals surface area contributed by atoms with E-state index in [2.05, 4.69) is 10.6 Å². The monoisotopic (exact) mass is 210 g/mol. The maximum atomic E-state index is 5.35. The quantitative estimate of drug-likeness (QED) is 0.798. The van der Waals surface area contributed by atoms with Crippen molar-refractivity contribution in [1.82, 2.24) is 0 Å². The summed E-state index contributed by atoms with van der Waals surface area (Å²) in [5.74, 6) is 1.49. The first-order valence-electron chi connectivity index (χ1n) is 4.80. The molecule has 0 saturated heterocycles. The molecule has 0 spiro atoms. The number of rotatable bonds is 4. The van der Waals surface area contributed by atoms with Crippen molar-refractivity contribution in [2.45, 2.75) is 6.92 Å². The molecule has 15 heavy (non-hydrogen) atoms. The second-order valence-electron chi connectivity index (χ2n) is 3.18. The first-order chi connectivity index (χ1) is 7.19. The maximum absolute atomic E-state index is 5.35. The second kappa shape index (κ2) is 4.77. The molecule has 4 nitrogen and oxygen atoms in total. The Morgan fingerprint density at radius 2 is 1.60 bits per heavy atom. The van der Waals surface area contributed by atoms with E-state index in [1.807, 2.05) is 27.1 Å². The van der Waals surface area contributed by atoms with Crippen molar-refractivity contribution in [3.05, 3.63) is 11.6 Å². The van der Waals surface area contributed by atoms with Crippen LogP contribution in [0.2, 0.25) is 0 Å². The molecular formula is C11H18N2O2. The van der Waals surface area contributed by atoms with Gasteiger partial charge in [0.15, 0.2) is 11.5 Å². The van der Waals surface area contributed by atoms with Crippen LogP contribution in [0.25, 0.3) is 0 Å². The van der Waals surface area contributed by atoms with Crippen LogP contribution in [0.5, 0.6) is 11.5 Å². The Morgan fingerprint density at radius 1 is 1.00 bits per heavy atom. The predicted molar refractivity (Wildman–Crippen MR) is 63.4 cm³/mol. The number of anilines is 2. The molecule has 0 atom stereocenters. The van der Waals surface area contributed by atoms with Crippen molar-refractivity contribution in [2.75, 3.05) is 38.9 Å². The Labute approximate surface area is 90.6 Å². The normalized spacial score (nSPS) is 9.67. The van der Waals surface area contributed by atoms with Gasteiger partial charge in [0.25, 0.3) is 0 Å². The molecule has 4 heteroatoms. The molecule has 0 saturated carbocycles. The molecule has 1 rings (SSSR count).